The summed E-state index contributed by atoms with van der Waals surface area (Å²) in [5, 5.41) is 0.206. The molecule has 0 spiro atoms. The highest BCUT2D eigenvalue weighted by atomic mass is 32.2. The lowest BCUT2D eigenvalue weighted by Crippen LogP contribution is -2.26. The number of thiazole rings is 1. The van der Waals surface area contributed by atoms with Crippen LogP contribution in [0, 0.1) is 12.7 Å². The molecule has 0 saturated heterocycles. The Labute approximate surface area is 120 Å². The fourth-order valence-electron chi connectivity index (χ4n) is 1.74. The van der Waals surface area contributed by atoms with Gasteiger partial charge in [-0.05, 0) is 25.0 Å². The Hall–Kier alpha value is -1.51. The maximum atomic E-state index is 13.4. The molecule has 0 aliphatic carbocycles. The summed E-state index contributed by atoms with van der Waals surface area (Å²) in [4.78, 5) is 3.87. The maximum absolute atomic E-state index is 13.4. The first-order valence-corrected chi connectivity index (χ1v) is 8.16. The highest BCUT2D eigenvalue weighted by Crippen LogP contribution is 2.24. The lowest BCUT2D eigenvalue weighted by atomic mass is 10.1. The molecule has 0 atom stereocenters. The van der Waals surface area contributed by atoms with Crippen LogP contribution in [0.25, 0.3) is 0 Å². The first-order valence-electron chi connectivity index (χ1n) is 5.86. The minimum absolute atomic E-state index is 0.100. The molecule has 108 valence electrons. The van der Waals surface area contributed by atoms with Crippen LogP contribution in [0.2, 0.25) is 0 Å². The molecular formula is C12H14FN3O2S2. The number of nitrogens with one attached hydrogen (secondary N) is 1. The van der Waals surface area contributed by atoms with Crippen molar-refractivity contribution < 1.29 is 12.8 Å². The minimum Gasteiger partial charge on any atom is -0.375 e. The Balaban J connectivity index is 2.04. The molecule has 0 aliphatic rings. The minimum atomic E-state index is -3.65. The molecule has 2 aromatic rings. The van der Waals surface area contributed by atoms with Crippen LogP contribution in [0.15, 0.2) is 28.5 Å². The summed E-state index contributed by atoms with van der Waals surface area (Å²) in [6, 6.07) is 6.27. The fraction of sp³-hybridized carbons (Fsp3) is 0.250. The molecule has 0 fully saturated rings. The van der Waals surface area contributed by atoms with E-state index in [9.17, 15) is 12.8 Å². The summed E-state index contributed by atoms with van der Waals surface area (Å²) in [7, 11) is -3.65. The Morgan fingerprint density at radius 3 is 2.70 bits per heavy atom. The van der Waals surface area contributed by atoms with Gasteiger partial charge in [0.15, 0.2) is 9.34 Å². The zero-order chi connectivity index (χ0) is 14.8. The van der Waals surface area contributed by atoms with Crippen LogP contribution < -0.4 is 10.5 Å². The molecule has 5 nitrogen and oxygen atoms in total. The number of hydrogen-bond acceptors (Lipinski definition) is 5. The van der Waals surface area contributed by atoms with E-state index < -0.39 is 10.0 Å². The third-order valence-electron chi connectivity index (χ3n) is 2.66. The number of aryl methyl sites for hydroxylation is 1. The molecule has 1 aromatic carbocycles. The second-order valence-electron chi connectivity index (χ2n) is 4.16. The van der Waals surface area contributed by atoms with Crippen molar-refractivity contribution in [2.75, 3.05) is 12.3 Å². The first-order chi connectivity index (χ1) is 9.40. The molecule has 1 heterocycles. The number of anilines is 1. The number of nitrogens with zero attached hydrogens (tertiary/aromatic N) is 1. The molecule has 3 N–H and O–H groups in total. The molecule has 0 amide bonds. The van der Waals surface area contributed by atoms with Gasteiger partial charge in [-0.3, -0.25) is 0 Å². The topological polar surface area (TPSA) is 85.1 Å². The molecular weight excluding hydrogens is 301 g/mol. The van der Waals surface area contributed by atoms with Crippen molar-refractivity contribution in [3.05, 3.63) is 41.3 Å². The van der Waals surface area contributed by atoms with Crippen molar-refractivity contribution in [1.82, 2.24) is 9.71 Å². The van der Waals surface area contributed by atoms with Gasteiger partial charge in [0.2, 0.25) is 0 Å². The Bertz CT molecular complexity index is 713. The van der Waals surface area contributed by atoms with E-state index in [0.717, 1.165) is 11.3 Å². The fourth-order valence-corrected chi connectivity index (χ4v) is 4.11. The summed E-state index contributed by atoms with van der Waals surface area (Å²) in [6.07, 6.45) is 0.277. The van der Waals surface area contributed by atoms with Gasteiger partial charge in [0.25, 0.3) is 10.0 Å². The quantitative estimate of drug-likeness (QED) is 0.879. The highest BCUT2D eigenvalue weighted by Gasteiger charge is 2.20. The second kappa shape index (κ2) is 5.86. The summed E-state index contributed by atoms with van der Waals surface area (Å²) in [5.74, 6) is -0.343. The van der Waals surface area contributed by atoms with Crippen LogP contribution in [0.5, 0.6) is 0 Å². The molecule has 0 aliphatic heterocycles. The number of aromatic nitrogens is 1. The number of sulfonamides is 1. The zero-order valence-corrected chi connectivity index (χ0v) is 12.4. The summed E-state index contributed by atoms with van der Waals surface area (Å²) >= 11 is 0.913. The molecule has 0 radical (unpaired) electrons. The lowest BCUT2D eigenvalue weighted by molar-refractivity contribution is 0.578. The van der Waals surface area contributed by atoms with Crippen LogP contribution in [-0.2, 0) is 16.4 Å². The van der Waals surface area contributed by atoms with E-state index in [0.29, 0.717) is 11.3 Å². The highest BCUT2D eigenvalue weighted by molar-refractivity contribution is 7.91. The number of benzene rings is 1. The SMILES string of the molecule is Cc1nc(N)sc1S(=O)(=O)NCCc1ccccc1F. The molecule has 0 bridgehead atoms. The van der Waals surface area contributed by atoms with Crippen molar-refractivity contribution in [1.29, 1.82) is 0 Å². The van der Waals surface area contributed by atoms with E-state index in [4.69, 9.17) is 5.73 Å². The summed E-state index contributed by atoms with van der Waals surface area (Å²) in [5.41, 5.74) is 6.32. The van der Waals surface area contributed by atoms with Gasteiger partial charge >= 0.3 is 0 Å². The van der Waals surface area contributed by atoms with Gasteiger partial charge in [0.05, 0.1) is 5.69 Å². The van der Waals surface area contributed by atoms with Gasteiger partial charge < -0.3 is 5.73 Å². The van der Waals surface area contributed by atoms with Crippen LogP contribution in [0.4, 0.5) is 9.52 Å². The molecule has 8 heteroatoms. The second-order valence-corrected chi connectivity index (χ2v) is 7.16. The average molecular weight is 315 g/mol. The van der Waals surface area contributed by atoms with Gasteiger partial charge in [-0.15, -0.1) is 0 Å². The standard InChI is InChI=1S/C12H14FN3O2S2/c1-8-11(19-12(14)16-8)20(17,18)15-7-6-9-4-2-3-5-10(9)13/h2-5,15H,6-7H2,1H3,(H2,14,16). The van der Waals surface area contributed by atoms with Gasteiger partial charge in [-0.1, -0.05) is 29.5 Å². The monoisotopic (exact) mass is 315 g/mol. The van der Waals surface area contributed by atoms with Crippen LogP contribution in [-0.4, -0.2) is 19.9 Å². The number of nitrogen functional groups attached to an aromatic ring is 1. The van der Waals surface area contributed by atoms with E-state index in [1.54, 1.807) is 25.1 Å². The van der Waals surface area contributed by atoms with E-state index in [-0.39, 0.29) is 28.1 Å². The zero-order valence-electron chi connectivity index (χ0n) is 10.8. The van der Waals surface area contributed by atoms with E-state index >= 15 is 0 Å². The largest absolute Gasteiger partial charge is 0.375 e. The van der Waals surface area contributed by atoms with E-state index in [1.165, 1.54) is 6.07 Å². The maximum Gasteiger partial charge on any atom is 0.252 e. The summed E-state index contributed by atoms with van der Waals surface area (Å²) in [6.45, 7) is 1.69. The van der Waals surface area contributed by atoms with Gasteiger partial charge in [-0.25, -0.2) is 22.5 Å². The van der Waals surface area contributed by atoms with Crippen molar-refractivity contribution in [3.63, 3.8) is 0 Å². The van der Waals surface area contributed by atoms with Crippen LogP contribution in [0.3, 0.4) is 0 Å². The lowest BCUT2D eigenvalue weighted by Gasteiger charge is -2.06. The number of hydrogen-bond donors (Lipinski definition) is 2. The van der Waals surface area contributed by atoms with Crippen LogP contribution in [0.1, 0.15) is 11.3 Å². The predicted octanol–water partition coefficient (Wildman–Crippen LogP) is 1.69. The third-order valence-corrected chi connectivity index (χ3v) is 5.72. The van der Waals surface area contributed by atoms with Crippen molar-refractivity contribution in [2.24, 2.45) is 0 Å². The molecule has 2 rings (SSSR count). The predicted molar refractivity (Wildman–Crippen MR) is 76.6 cm³/mol. The number of nitrogens with two attached hydrogens (primary N) is 1. The normalized spacial score (nSPS) is 11.7. The van der Waals surface area contributed by atoms with Crippen molar-refractivity contribution in [2.45, 2.75) is 17.6 Å². The molecule has 1 aromatic heterocycles. The van der Waals surface area contributed by atoms with Gasteiger partial charge in [0.1, 0.15) is 5.82 Å². The van der Waals surface area contributed by atoms with Crippen molar-refractivity contribution in [3.8, 4) is 0 Å². The number of rotatable bonds is 5. The molecule has 0 saturated carbocycles. The van der Waals surface area contributed by atoms with E-state index in [1.807, 2.05) is 0 Å². The van der Waals surface area contributed by atoms with Crippen molar-refractivity contribution >= 4 is 26.5 Å². The number of halogens is 1. The first kappa shape index (κ1) is 14.9. The van der Waals surface area contributed by atoms with Gasteiger partial charge in [-0.2, -0.15) is 0 Å². The van der Waals surface area contributed by atoms with E-state index in [2.05, 4.69) is 9.71 Å². The Morgan fingerprint density at radius 1 is 1.40 bits per heavy atom. The molecule has 20 heavy (non-hydrogen) atoms. The van der Waals surface area contributed by atoms with Crippen LogP contribution >= 0.6 is 11.3 Å². The third kappa shape index (κ3) is 3.33. The molecule has 0 unspecified atom stereocenters. The van der Waals surface area contributed by atoms with Gasteiger partial charge in [0, 0.05) is 6.54 Å². The Morgan fingerprint density at radius 2 is 2.10 bits per heavy atom. The smallest absolute Gasteiger partial charge is 0.252 e. The summed E-state index contributed by atoms with van der Waals surface area (Å²) < 4.78 is 40.0. The Kier molecular flexibility index (Phi) is 4.36. The average Bonchev–Trinajstić information content (AvgIpc) is 2.72.